The summed E-state index contributed by atoms with van der Waals surface area (Å²) in [6.45, 7) is 2.25. The molecule has 0 aromatic heterocycles. The fourth-order valence-corrected chi connectivity index (χ4v) is 5.38. The van der Waals surface area contributed by atoms with E-state index < -0.39 is 0 Å². The van der Waals surface area contributed by atoms with E-state index in [0.29, 0.717) is 0 Å². The van der Waals surface area contributed by atoms with Gasteiger partial charge in [0, 0.05) is 5.56 Å². The van der Waals surface area contributed by atoms with Crippen molar-refractivity contribution < 1.29 is 4.84 Å². The number of rotatable bonds is 4. The van der Waals surface area contributed by atoms with Gasteiger partial charge in [-0.25, -0.2) is 5.48 Å². The molecule has 6 rings (SSSR count). The molecule has 2 nitrogen and oxygen atoms in total. The number of para-hydroxylation sites is 1. The van der Waals surface area contributed by atoms with Gasteiger partial charge >= 0.3 is 0 Å². The van der Waals surface area contributed by atoms with Crippen molar-refractivity contribution in [3.63, 3.8) is 0 Å². The molecule has 0 radical (unpaired) electrons. The molecule has 1 atom stereocenters. The quantitative estimate of drug-likeness (QED) is 0.512. The average molecular weight is 404 g/mol. The fourth-order valence-electron chi connectivity index (χ4n) is 5.38. The molecule has 2 heteroatoms. The van der Waals surface area contributed by atoms with Crippen molar-refractivity contribution in [3.05, 3.63) is 118 Å². The Hall–Kier alpha value is -3.52. The van der Waals surface area contributed by atoms with E-state index >= 15 is 0 Å². The SMILES string of the molecule is CCCCC1=C(C2=Cc3ccccc3C23C=Cc2ccccc23)NOc2ccccc21. The first-order valence-corrected chi connectivity index (χ1v) is 11.2. The minimum Gasteiger partial charge on any atom is -0.382 e. The lowest BCUT2D eigenvalue weighted by molar-refractivity contribution is 0.224. The standard InChI is InChI=1S/C29H25NO/c1-2-3-12-23-22-13-6-9-16-27(22)31-30-28(23)26-19-21-11-5-8-15-25(21)29(26)18-17-20-10-4-7-14-24(20)29/h4-11,13-19,30H,2-3,12H2,1H3. The lowest BCUT2D eigenvalue weighted by Gasteiger charge is -2.34. The van der Waals surface area contributed by atoms with Crippen LogP contribution in [0.15, 0.2) is 90.1 Å². The van der Waals surface area contributed by atoms with Gasteiger partial charge in [0.2, 0.25) is 0 Å². The molecule has 0 fully saturated rings. The van der Waals surface area contributed by atoms with Gasteiger partial charge in [-0.15, -0.1) is 0 Å². The normalized spacial score (nSPS) is 20.1. The number of nitrogens with one attached hydrogen (secondary N) is 1. The summed E-state index contributed by atoms with van der Waals surface area (Å²) in [5, 5.41) is 0. The van der Waals surface area contributed by atoms with E-state index in [2.05, 4.69) is 91.3 Å². The molecule has 152 valence electrons. The van der Waals surface area contributed by atoms with Crippen molar-refractivity contribution in [2.75, 3.05) is 0 Å². The van der Waals surface area contributed by atoms with Crippen molar-refractivity contribution in [3.8, 4) is 5.75 Å². The largest absolute Gasteiger partial charge is 0.382 e. The Morgan fingerprint density at radius 1 is 0.839 bits per heavy atom. The van der Waals surface area contributed by atoms with Crippen LogP contribution in [-0.4, -0.2) is 0 Å². The van der Waals surface area contributed by atoms with Gasteiger partial charge in [0.15, 0.2) is 5.75 Å². The molecule has 0 saturated heterocycles. The topological polar surface area (TPSA) is 21.3 Å². The van der Waals surface area contributed by atoms with Gasteiger partial charge in [0.1, 0.15) is 0 Å². The smallest absolute Gasteiger partial charge is 0.162 e. The van der Waals surface area contributed by atoms with Gasteiger partial charge in [-0.1, -0.05) is 92.2 Å². The van der Waals surface area contributed by atoms with E-state index in [9.17, 15) is 0 Å². The maximum Gasteiger partial charge on any atom is 0.162 e. The molecule has 3 aromatic carbocycles. The van der Waals surface area contributed by atoms with Crippen LogP contribution in [0.25, 0.3) is 17.7 Å². The lowest BCUT2D eigenvalue weighted by Crippen LogP contribution is -2.33. The number of allylic oxidation sites excluding steroid dienone is 3. The van der Waals surface area contributed by atoms with Crippen LogP contribution in [0.2, 0.25) is 0 Å². The van der Waals surface area contributed by atoms with Gasteiger partial charge in [0.05, 0.1) is 11.1 Å². The first-order valence-electron chi connectivity index (χ1n) is 11.2. The molecule has 3 aromatic rings. The lowest BCUT2D eigenvalue weighted by atomic mass is 9.71. The van der Waals surface area contributed by atoms with Gasteiger partial charge in [0.25, 0.3) is 0 Å². The van der Waals surface area contributed by atoms with E-state index in [1.165, 1.54) is 39.0 Å². The molecule has 0 bridgehead atoms. The maximum absolute atomic E-state index is 6.08. The van der Waals surface area contributed by atoms with Crippen LogP contribution < -0.4 is 10.3 Å². The van der Waals surface area contributed by atoms with Crippen molar-refractivity contribution in [2.45, 2.75) is 31.6 Å². The average Bonchev–Trinajstić information content (AvgIpc) is 3.37. The second-order valence-electron chi connectivity index (χ2n) is 8.53. The Balaban J connectivity index is 1.62. The number of fused-ring (bicyclic) bond motifs is 5. The number of unbranched alkanes of at least 4 members (excludes halogenated alkanes) is 1. The van der Waals surface area contributed by atoms with Crippen LogP contribution in [0.5, 0.6) is 5.75 Å². The minimum absolute atomic E-state index is 0.289. The molecule has 2 aliphatic carbocycles. The third kappa shape index (κ3) is 2.58. The minimum atomic E-state index is -0.289. The van der Waals surface area contributed by atoms with Crippen LogP contribution in [0.1, 0.15) is 54.0 Å². The van der Waals surface area contributed by atoms with Crippen molar-refractivity contribution in [1.82, 2.24) is 5.48 Å². The van der Waals surface area contributed by atoms with E-state index in [1.807, 2.05) is 12.1 Å². The van der Waals surface area contributed by atoms with Gasteiger partial charge < -0.3 is 4.84 Å². The second kappa shape index (κ2) is 7.02. The van der Waals surface area contributed by atoms with Crippen LogP contribution in [-0.2, 0) is 5.41 Å². The Bertz CT molecular complexity index is 1270. The summed E-state index contributed by atoms with van der Waals surface area (Å²) in [5.74, 6) is 0.907. The summed E-state index contributed by atoms with van der Waals surface area (Å²) >= 11 is 0. The van der Waals surface area contributed by atoms with E-state index in [4.69, 9.17) is 4.84 Å². The van der Waals surface area contributed by atoms with Gasteiger partial charge in [-0.2, -0.15) is 0 Å². The summed E-state index contributed by atoms with van der Waals surface area (Å²) in [4.78, 5) is 6.08. The Labute approximate surface area is 183 Å². The maximum atomic E-state index is 6.08. The van der Waals surface area contributed by atoms with Crippen LogP contribution >= 0.6 is 0 Å². The Morgan fingerprint density at radius 3 is 2.39 bits per heavy atom. The number of hydroxylamine groups is 1. The highest BCUT2D eigenvalue weighted by Gasteiger charge is 2.46. The summed E-state index contributed by atoms with van der Waals surface area (Å²) in [7, 11) is 0. The summed E-state index contributed by atoms with van der Waals surface area (Å²) < 4.78 is 0. The highest BCUT2D eigenvalue weighted by molar-refractivity contribution is 5.89. The molecule has 1 aliphatic heterocycles. The molecule has 3 aliphatic rings. The second-order valence-corrected chi connectivity index (χ2v) is 8.53. The van der Waals surface area contributed by atoms with E-state index in [-0.39, 0.29) is 5.41 Å². The predicted octanol–water partition coefficient (Wildman–Crippen LogP) is 6.90. The molecule has 1 N–H and O–H groups in total. The third-order valence-electron chi connectivity index (χ3n) is 6.84. The highest BCUT2D eigenvalue weighted by Crippen LogP contribution is 2.55. The Kier molecular flexibility index (Phi) is 4.14. The van der Waals surface area contributed by atoms with Crippen molar-refractivity contribution in [2.24, 2.45) is 0 Å². The molecule has 0 saturated carbocycles. The zero-order valence-corrected chi connectivity index (χ0v) is 17.7. The molecule has 1 heterocycles. The molecular formula is C29H25NO. The summed E-state index contributed by atoms with van der Waals surface area (Å²) in [5.41, 5.74) is 13.3. The number of hydrogen-bond donors (Lipinski definition) is 1. The predicted molar refractivity (Wildman–Crippen MR) is 127 cm³/mol. The van der Waals surface area contributed by atoms with Gasteiger partial charge in [-0.05, 0) is 58.4 Å². The summed E-state index contributed by atoms with van der Waals surface area (Å²) in [6, 6.07) is 25.9. The third-order valence-corrected chi connectivity index (χ3v) is 6.84. The molecule has 31 heavy (non-hydrogen) atoms. The molecule has 0 amide bonds. The van der Waals surface area contributed by atoms with E-state index in [0.717, 1.165) is 30.7 Å². The van der Waals surface area contributed by atoms with Crippen LogP contribution in [0, 0.1) is 0 Å². The molecule has 1 spiro atoms. The summed E-state index contributed by atoms with van der Waals surface area (Å²) in [6.07, 6.45) is 10.3. The Morgan fingerprint density at radius 2 is 1.55 bits per heavy atom. The molecular weight excluding hydrogens is 378 g/mol. The van der Waals surface area contributed by atoms with Crippen LogP contribution in [0.3, 0.4) is 0 Å². The zero-order valence-electron chi connectivity index (χ0n) is 17.7. The zero-order chi connectivity index (χ0) is 20.8. The van der Waals surface area contributed by atoms with Gasteiger partial charge in [-0.3, -0.25) is 0 Å². The monoisotopic (exact) mass is 403 g/mol. The first-order chi connectivity index (χ1) is 15.3. The van der Waals surface area contributed by atoms with Crippen LogP contribution in [0.4, 0.5) is 0 Å². The highest BCUT2D eigenvalue weighted by atomic mass is 16.6. The number of hydrogen-bond acceptors (Lipinski definition) is 2. The fraction of sp³-hybridized carbons (Fsp3) is 0.172. The number of benzene rings is 3. The van der Waals surface area contributed by atoms with E-state index in [1.54, 1.807) is 0 Å². The van der Waals surface area contributed by atoms with Crippen molar-refractivity contribution in [1.29, 1.82) is 0 Å². The first kappa shape index (κ1) is 18.3. The van der Waals surface area contributed by atoms with Crippen molar-refractivity contribution >= 4 is 17.7 Å². The molecule has 1 unspecified atom stereocenters.